The minimum Gasteiger partial charge on any atom is -0.265 e. The number of carbonyl (C=O) groups excluding carboxylic acids is 1. The molecule has 0 atom stereocenters. The summed E-state index contributed by atoms with van der Waals surface area (Å²) in [7, 11) is 0. The van der Waals surface area contributed by atoms with Crippen LogP contribution in [0.2, 0.25) is 0 Å². The summed E-state index contributed by atoms with van der Waals surface area (Å²) in [6.07, 6.45) is 3.35. The fourth-order valence-electron chi connectivity index (χ4n) is 1.53. The lowest BCUT2D eigenvalue weighted by molar-refractivity contribution is 0.100. The van der Waals surface area contributed by atoms with E-state index in [1.165, 1.54) is 12.0 Å². The van der Waals surface area contributed by atoms with Crippen molar-refractivity contribution in [2.75, 3.05) is 0 Å². The van der Waals surface area contributed by atoms with Gasteiger partial charge in [0.15, 0.2) is 0 Å². The largest absolute Gasteiger partial charge is 0.297 e. The first-order chi connectivity index (χ1) is 6.81. The molecule has 0 radical (unpaired) electrons. The lowest BCUT2D eigenvalue weighted by atomic mass is 10.0. The van der Waals surface area contributed by atoms with Gasteiger partial charge in [0, 0.05) is 0 Å². The van der Waals surface area contributed by atoms with Crippen molar-refractivity contribution >= 4 is 11.6 Å². The Hall–Kier alpha value is -1.51. The number of unbranched alkanes of at least 4 members (excludes halogenated alkanes) is 1. The summed E-state index contributed by atoms with van der Waals surface area (Å²) in [4.78, 5) is 11.2. The Morgan fingerprint density at radius 3 is 2.93 bits per heavy atom. The summed E-state index contributed by atoms with van der Waals surface area (Å²) in [5.74, 6) is -0.210. The highest BCUT2D eigenvalue weighted by atomic mass is 16.2. The maximum Gasteiger partial charge on any atom is 0.297 e. The van der Waals surface area contributed by atoms with Crippen LogP contribution in [0.15, 0.2) is 28.4 Å². The van der Waals surface area contributed by atoms with Crippen LogP contribution in [-0.2, 0) is 6.42 Å². The number of azo groups is 1. The Morgan fingerprint density at radius 1 is 1.29 bits per heavy atom. The van der Waals surface area contributed by atoms with E-state index < -0.39 is 0 Å². The van der Waals surface area contributed by atoms with E-state index in [2.05, 4.69) is 17.2 Å². The molecule has 0 fully saturated rings. The Labute approximate surface area is 82.9 Å². The van der Waals surface area contributed by atoms with Crippen LogP contribution in [0.3, 0.4) is 0 Å². The zero-order valence-electron chi connectivity index (χ0n) is 8.16. The molecule has 1 aliphatic heterocycles. The standard InChI is InChI=1S/C11H12N2O/c1-2-3-4-8-5-6-10-9(7-8)11(14)13-12-10/h5-7H,2-4H2,1H3. The van der Waals surface area contributed by atoms with E-state index in [1.54, 1.807) is 0 Å². The number of amides is 1. The summed E-state index contributed by atoms with van der Waals surface area (Å²) >= 11 is 0. The van der Waals surface area contributed by atoms with Crippen LogP contribution in [0.1, 0.15) is 35.7 Å². The molecule has 72 valence electrons. The highest BCUT2D eigenvalue weighted by Gasteiger charge is 2.16. The monoisotopic (exact) mass is 188 g/mol. The predicted octanol–water partition coefficient (Wildman–Crippen LogP) is 3.27. The van der Waals surface area contributed by atoms with Gasteiger partial charge in [-0.25, -0.2) is 0 Å². The van der Waals surface area contributed by atoms with Gasteiger partial charge in [-0.15, -0.1) is 10.2 Å². The molecule has 0 aromatic heterocycles. The van der Waals surface area contributed by atoms with Gasteiger partial charge < -0.3 is 0 Å². The van der Waals surface area contributed by atoms with Gasteiger partial charge in [0.1, 0.15) is 0 Å². The zero-order valence-corrected chi connectivity index (χ0v) is 8.16. The van der Waals surface area contributed by atoms with Crippen LogP contribution in [-0.4, -0.2) is 5.91 Å². The first-order valence-corrected chi connectivity index (χ1v) is 4.90. The van der Waals surface area contributed by atoms with E-state index in [0.29, 0.717) is 11.3 Å². The highest BCUT2D eigenvalue weighted by molar-refractivity contribution is 6.01. The molecule has 0 aliphatic carbocycles. The van der Waals surface area contributed by atoms with Crippen molar-refractivity contribution in [3.05, 3.63) is 29.3 Å². The smallest absolute Gasteiger partial charge is 0.265 e. The molecule has 0 saturated heterocycles. The summed E-state index contributed by atoms with van der Waals surface area (Å²) in [5, 5.41) is 7.29. The first kappa shape index (κ1) is 9.06. The van der Waals surface area contributed by atoms with Crippen molar-refractivity contribution in [3.8, 4) is 0 Å². The quantitative estimate of drug-likeness (QED) is 0.717. The molecule has 0 N–H and O–H groups in total. The molecule has 0 bridgehead atoms. The van der Waals surface area contributed by atoms with Crippen LogP contribution in [0.5, 0.6) is 0 Å². The normalized spacial score (nSPS) is 13.4. The topological polar surface area (TPSA) is 41.8 Å². The predicted molar refractivity (Wildman–Crippen MR) is 53.9 cm³/mol. The van der Waals surface area contributed by atoms with Crippen molar-refractivity contribution in [3.63, 3.8) is 0 Å². The van der Waals surface area contributed by atoms with Crippen molar-refractivity contribution in [2.24, 2.45) is 10.2 Å². The Kier molecular flexibility index (Phi) is 2.39. The van der Waals surface area contributed by atoms with Crippen molar-refractivity contribution in [1.29, 1.82) is 0 Å². The highest BCUT2D eigenvalue weighted by Crippen LogP contribution is 2.27. The summed E-state index contributed by atoms with van der Waals surface area (Å²) < 4.78 is 0. The van der Waals surface area contributed by atoms with E-state index in [4.69, 9.17) is 0 Å². The van der Waals surface area contributed by atoms with Crippen LogP contribution >= 0.6 is 0 Å². The van der Waals surface area contributed by atoms with Gasteiger partial charge in [-0.1, -0.05) is 19.4 Å². The molecule has 1 aromatic rings. The number of carbonyl (C=O) groups is 1. The van der Waals surface area contributed by atoms with Crippen molar-refractivity contribution in [1.82, 2.24) is 0 Å². The molecule has 2 rings (SSSR count). The number of fused-ring (bicyclic) bond motifs is 1. The molecule has 0 spiro atoms. The van der Waals surface area contributed by atoms with Gasteiger partial charge in [0.05, 0.1) is 11.3 Å². The van der Waals surface area contributed by atoms with Crippen molar-refractivity contribution < 1.29 is 4.79 Å². The lowest BCUT2D eigenvalue weighted by Gasteiger charge is -2.00. The minimum atomic E-state index is -0.210. The summed E-state index contributed by atoms with van der Waals surface area (Å²) in [5.41, 5.74) is 2.56. The second kappa shape index (κ2) is 3.70. The third kappa shape index (κ3) is 1.58. The molecular formula is C11H12N2O. The fourth-order valence-corrected chi connectivity index (χ4v) is 1.53. The number of nitrogens with zero attached hydrogens (tertiary/aromatic N) is 2. The van der Waals surface area contributed by atoms with E-state index in [1.807, 2.05) is 18.2 Å². The third-order valence-corrected chi connectivity index (χ3v) is 2.36. The number of hydrogen-bond acceptors (Lipinski definition) is 2. The van der Waals surface area contributed by atoms with E-state index in [-0.39, 0.29) is 5.91 Å². The molecule has 1 amide bonds. The molecule has 1 aromatic carbocycles. The van der Waals surface area contributed by atoms with E-state index in [0.717, 1.165) is 12.8 Å². The average Bonchev–Trinajstić information content (AvgIpc) is 2.57. The fraction of sp³-hybridized carbons (Fsp3) is 0.364. The first-order valence-electron chi connectivity index (χ1n) is 4.90. The molecular weight excluding hydrogens is 176 g/mol. The molecule has 0 unspecified atom stereocenters. The maximum atomic E-state index is 11.2. The van der Waals surface area contributed by atoms with Crippen LogP contribution in [0.4, 0.5) is 5.69 Å². The lowest BCUT2D eigenvalue weighted by Crippen LogP contribution is -1.92. The van der Waals surface area contributed by atoms with Crippen molar-refractivity contribution in [2.45, 2.75) is 26.2 Å². The second-order valence-electron chi connectivity index (χ2n) is 3.46. The van der Waals surface area contributed by atoms with Crippen LogP contribution < -0.4 is 0 Å². The third-order valence-electron chi connectivity index (χ3n) is 2.36. The van der Waals surface area contributed by atoms with Crippen LogP contribution in [0.25, 0.3) is 0 Å². The molecule has 3 heteroatoms. The minimum absolute atomic E-state index is 0.210. The Balaban J connectivity index is 2.24. The van der Waals surface area contributed by atoms with Gasteiger partial charge in [-0.05, 0) is 30.5 Å². The SMILES string of the molecule is CCCCc1ccc2c(c1)C(=O)N=N2. The summed E-state index contributed by atoms with van der Waals surface area (Å²) in [6.45, 7) is 2.16. The molecule has 0 saturated carbocycles. The van der Waals surface area contributed by atoms with E-state index >= 15 is 0 Å². The average molecular weight is 188 g/mol. The van der Waals surface area contributed by atoms with Gasteiger partial charge in [0.2, 0.25) is 0 Å². The van der Waals surface area contributed by atoms with Gasteiger partial charge in [-0.2, -0.15) is 0 Å². The molecule has 14 heavy (non-hydrogen) atoms. The van der Waals surface area contributed by atoms with Gasteiger partial charge in [0.25, 0.3) is 5.91 Å². The number of aryl methyl sites for hydroxylation is 1. The number of rotatable bonds is 3. The second-order valence-corrected chi connectivity index (χ2v) is 3.46. The molecule has 3 nitrogen and oxygen atoms in total. The zero-order chi connectivity index (χ0) is 9.97. The summed E-state index contributed by atoms with van der Waals surface area (Å²) in [6, 6.07) is 5.80. The molecule has 1 aliphatic rings. The van der Waals surface area contributed by atoms with Gasteiger partial charge in [-0.3, -0.25) is 4.79 Å². The maximum absolute atomic E-state index is 11.2. The Bertz CT molecular complexity index is 396. The molecule has 1 heterocycles. The number of benzene rings is 1. The van der Waals surface area contributed by atoms with E-state index in [9.17, 15) is 4.79 Å². The van der Waals surface area contributed by atoms with Gasteiger partial charge >= 0.3 is 0 Å². The Morgan fingerprint density at radius 2 is 2.14 bits per heavy atom. The van der Waals surface area contributed by atoms with Crippen LogP contribution in [0, 0.1) is 0 Å². The number of hydrogen-bond donors (Lipinski definition) is 0.